The Kier molecular flexibility index (Phi) is 7.93. The zero-order valence-corrected chi connectivity index (χ0v) is 24.3. The molecule has 1 aliphatic rings. The van der Waals surface area contributed by atoms with E-state index >= 15 is 0 Å². The monoisotopic (exact) mass is 631 g/mol. The van der Waals surface area contributed by atoms with Gasteiger partial charge < -0.3 is 10.6 Å². The van der Waals surface area contributed by atoms with Crippen LogP contribution in [0.15, 0.2) is 66.7 Å². The number of rotatable bonds is 6. The zero-order valence-electron chi connectivity index (χ0n) is 24.3. The van der Waals surface area contributed by atoms with Crippen molar-refractivity contribution in [3.8, 4) is 0 Å². The molecule has 2 heterocycles. The van der Waals surface area contributed by atoms with Gasteiger partial charge in [-0.25, -0.2) is 5.01 Å². The first kappa shape index (κ1) is 30.8. The molecule has 236 valence electrons. The van der Waals surface area contributed by atoms with Crippen molar-refractivity contribution in [2.45, 2.75) is 20.8 Å². The maximum atomic E-state index is 11.8. The number of anilines is 5. The molecule has 0 radical (unpaired) electrons. The second-order valence-electron chi connectivity index (χ2n) is 10.1. The van der Waals surface area contributed by atoms with Crippen LogP contribution in [0.3, 0.4) is 0 Å². The van der Waals surface area contributed by atoms with Crippen LogP contribution in [-0.4, -0.2) is 40.3 Å². The number of nitro groups is 3. The van der Waals surface area contributed by atoms with Gasteiger partial charge in [-0.05, 0) is 61.9 Å². The van der Waals surface area contributed by atoms with E-state index in [1.807, 2.05) is 38.1 Å². The second-order valence-corrected chi connectivity index (χ2v) is 10.1. The predicted octanol–water partition coefficient (Wildman–Crippen LogP) is 4.97. The van der Waals surface area contributed by atoms with Gasteiger partial charge in [0.25, 0.3) is 5.69 Å². The number of hydrazine groups is 3. The molecule has 5 N–H and O–H groups in total. The van der Waals surface area contributed by atoms with Gasteiger partial charge in [-0.2, -0.15) is 5.12 Å². The summed E-state index contributed by atoms with van der Waals surface area (Å²) in [7, 11) is 0. The maximum Gasteiger partial charge on any atom is 0.323 e. The summed E-state index contributed by atoms with van der Waals surface area (Å²) in [5.41, 5.74) is 4.76. The van der Waals surface area contributed by atoms with Crippen LogP contribution in [0.25, 0.3) is 11.0 Å². The number of nitrogen functional groups attached to an aromatic ring is 1. The van der Waals surface area contributed by atoms with Crippen molar-refractivity contribution in [2.75, 3.05) is 20.7 Å². The summed E-state index contributed by atoms with van der Waals surface area (Å²) < 4.78 is 0. The molecule has 1 aliphatic heterocycles. The minimum absolute atomic E-state index is 0.0135. The third-order valence-electron chi connectivity index (χ3n) is 7.01. The third-order valence-corrected chi connectivity index (χ3v) is 7.01. The van der Waals surface area contributed by atoms with Crippen molar-refractivity contribution < 1.29 is 25.2 Å². The summed E-state index contributed by atoms with van der Waals surface area (Å²) in [5.74, 6) is 5.18. The molecule has 0 amide bonds. The number of nitrogens with zero attached hydrogens (tertiary/aromatic N) is 9. The van der Waals surface area contributed by atoms with E-state index in [0.717, 1.165) is 23.3 Å². The normalized spacial score (nSPS) is 12.1. The Morgan fingerprint density at radius 3 is 1.91 bits per heavy atom. The van der Waals surface area contributed by atoms with Crippen molar-refractivity contribution in [3.05, 3.63) is 114 Å². The molecular formula is C27H25N11O8. The summed E-state index contributed by atoms with van der Waals surface area (Å²) in [5, 5.41) is 64.6. The van der Waals surface area contributed by atoms with Crippen molar-refractivity contribution in [1.29, 1.82) is 0 Å². The Bertz CT molecular complexity index is 2000. The van der Waals surface area contributed by atoms with Crippen molar-refractivity contribution in [2.24, 2.45) is 5.84 Å². The van der Waals surface area contributed by atoms with E-state index in [-0.39, 0.29) is 33.8 Å². The number of nitrogens with one attached hydrogen (secondary N) is 1. The number of aromatic nitrogens is 3. The highest BCUT2D eigenvalue weighted by Gasteiger charge is 2.43. The lowest BCUT2D eigenvalue weighted by Crippen LogP contribution is -2.45. The Morgan fingerprint density at radius 2 is 1.39 bits per heavy atom. The Morgan fingerprint density at radius 1 is 0.804 bits per heavy atom. The van der Waals surface area contributed by atoms with Crippen molar-refractivity contribution in [1.82, 2.24) is 15.2 Å². The van der Waals surface area contributed by atoms with E-state index in [1.165, 1.54) is 16.2 Å². The fourth-order valence-corrected chi connectivity index (χ4v) is 4.87. The van der Waals surface area contributed by atoms with E-state index in [0.29, 0.717) is 27.0 Å². The van der Waals surface area contributed by atoms with E-state index in [9.17, 15) is 40.8 Å². The molecule has 0 saturated heterocycles. The summed E-state index contributed by atoms with van der Waals surface area (Å²) >= 11 is 0. The fraction of sp³-hybridized carbons (Fsp3) is 0.111. The quantitative estimate of drug-likeness (QED) is 0.0835. The molecule has 4 aromatic carbocycles. The summed E-state index contributed by atoms with van der Waals surface area (Å²) in [4.78, 5) is 32.4. The predicted molar refractivity (Wildman–Crippen MR) is 165 cm³/mol. The number of fused-ring (bicyclic) bond motifs is 2. The van der Waals surface area contributed by atoms with Crippen LogP contribution in [0, 0.1) is 51.1 Å². The topological polar surface area (TPSA) is 248 Å². The molecular weight excluding hydrogens is 606 g/mol. The SMILES string of the molecule is Cc1cc(NN)c([N+](=O)[O-])c2nnn(O)c12.Cc1ccc(N2c3c(cc([N+](=O)[O-])cc3[N+](=O)[O-])N(O)N2c2ccc(C)cc2)cc1. The molecule has 19 heteroatoms. The average Bonchev–Trinajstić information content (AvgIpc) is 3.55. The van der Waals surface area contributed by atoms with Gasteiger partial charge in [0.05, 0.1) is 32.2 Å². The molecule has 19 nitrogen and oxygen atoms in total. The molecule has 0 aliphatic carbocycles. The third kappa shape index (κ3) is 5.33. The highest BCUT2D eigenvalue weighted by Crippen LogP contribution is 2.51. The van der Waals surface area contributed by atoms with Crippen LogP contribution in [0.2, 0.25) is 0 Å². The number of hydrogen-bond donors (Lipinski definition) is 4. The van der Waals surface area contributed by atoms with E-state index in [1.54, 1.807) is 31.2 Å². The molecule has 0 fully saturated rings. The molecule has 5 aromatic rings. The van der Waals surface area contributed by atoms with Gasteiger partial charge in [0.1, 0.15) is 16.9 Å². The van der Waals surface area contributed by atoms with Crippen LogP contribution >= 0.6 is 0 Å². The van der Waals surface area contributed by atoms with Gasteiger partial charge in [-0.15, -0.1) is 10.3 Å². The standard InChI is InChI=1S/C20H17N5O5.C7H8N6O3/c1-13-3-7-15(8-4-13)21-20-18(11-17(24(27)28)12-19(20)25(29)30)23(26)22(21)16-9-5-14(2)6-10-16;1-3-2-4(9-8)7(13(15)16)5-6(3)12(14)11-10-5/h3-12,26H,1-2H3;2,9,14H,8H2,1H3. The number of aryl methyl sites for hydroxylation is 3. The van der Waals surface area contributed by atoms with Crippen LogP contribution in [0.4, 0.5) is 45.5 Å². The zero-order chi connectivity index (χ0) is 33.4. The van der Waals surface area contributed by atoms with Gasteiger partial charge in [-0.3, -0.25) is 41.4 Å². The lowest BCUT2D eigenvalue weighted by Gasteiger charge is -2.33. The van der Waals surface area contributed by atoms with Gasteiger partial charge in [0.2, 0.25) is 0 Å². The molecule has 46 heavy (non-hydrogen) atoms. The fourth-order valence-electron chi connectivity index (χ4n) is 4.87. The van der Waals surface area contributed by atoms with E-state index in [4.69, 9.17) is 5.84 Å². The van der Waals surface area contributed by atoms with Crippen LogP contribution in [0.5, 0.6) is 0 Å². The first-order chi connectivity index (χ1) is 21.8. The Balaban J connectivity index is 0.000000219. The molecule has 0 spiro atoms. The largest absolute Gasteiger partial charge is 0.410 e. The first-order valence-electron chi connectivity index (χ1n) is 13.2. The molecule has 0 saturated carbocycles. The van der Waals surface area contributed by atoms with Crippen LogP contribution in [0.1, 0.15) is 16.7 Å². The van der Waals surface area contributed by atoms with Gasteiger partial charge in [-0.1, -0.05) is 40.2 Å². The van der Waals surface area contributed by atoms with E-state index < -0.39 is 26.1 Å². The second kappa shape index (κ2) is 11.8. The number of nitro benzene ring substituents is 3. The first-order valence-corrected chi connectivity index (χ1v) is 13.2. The number of nitrogens with two attached hydrogens (primary N) is 1. The van der Waals surface area contributed by atoms with E-state index in [2.05, 4.69) is 15.7 Å². The smallest absolute Gasteiger partial charge is 0.323 e. The average molecular weight is 632 g/mol. The minimum atomic E-state index is -0.730. The number of benzene rings is 4. The highest BCUT2D eigenvalue weighted by molar-refractivity contribution is 5.94. The molecule has 0 bridgehead atoms. The van der Waals surface area contributed by atoms with Gasteiger partial charge in [0, 0.05) is 6.07 Å². The summed E-state index contributed by atoms with van der Waals surface area (Å²) in [6.07, 6.45) is 0. The maximum absolute atomic E-state index is 11.8. The summed E-state index contributed by atoms with van der Waals surface area (Å²) in [6, 6.07) is 17.8. The van der Waals surface area contributed by atoms with Crippen LogP contribution < -0.4 is 26.6 Å². The number of non-ortho nitro benzene ring substituents is 1. The molecule has 0 unspecified atom stereocenters. The molecule has 0 atom stereocenters. The van der Waals surface area contributed by atoms with Crippen LogP contribution in [-0.2, 0) is 0 Å². The molecule has 1 aromatic heterocycles. The number of hydrogen-bond acceptors (Lipinski definition) is 15. The molecule has 6 rings (SSSR count). The van der Waals surface area contributed by atoms with Gasteiger partial charge in [0.15, 0.2) is 11.2 Å². The minimum Gasteiger partial charge on any atom is -0.410 e. The Labute approximate surface area is 258 Å². The Hall–Kier alpha value is -6.60. The lowest BCUT2D eigenvalue weighted by atomic mass is 10.1. The lowest BCUT2D eigenvalue weighted by molar-refractivity contribution is -0.393. The van der Waals surface area contributed by atoms with Crippen molar-refractivity contribution in [3.63, 3.8) is 0 Å². The van der Waals surface area contributed by atoms with Gasteiger partial charge >= 0.3 is 11.4 Å². The van der Waals surface area contributed by atoms with Crippen molar-refractivity contribution >= 4 is 56.5 Å². The summed E-state index contributed by atoms with van der Waals surface area (Å²) in [6.45, 7) is 5.47. The highest BCUT2D eigenvalue weighted by atomic mass is 16.6.